The highest BCUT2D eigenvalue weighted by molar-refractivity contribution is 7.77. The molecule has 1 unspecified atom stereocenters. The standard InChI is InChI=1S/C13H13NO2S/c15-17(16)14-13(11-7-3-1-4-8-11)12-9-5-2-6-10-12/h1-10,13-14H,(H,15,16). The van der Waals surface area contributed by atoms with Crippen molar-refractivity contribution < 1.29 is 8.76 Å². The van der Waals surface area contributed by atoms with E-state index in [4.69, 9.17) is 4.55 Å². The highest BCUT2D eigenvalue weighted by Crippen LogP contribution is 2.21. The molecule has 0 radical (unpaired) electrons. The molecule has 0 aromatic heterocycles. The summed E-state index contributed by atoms with van der Waals surface area (Å²) >= 11 is -2.05. The van der Waals surface area contributed by atoms with E-state index < -0.39 is 11.3 Å². The van der Waals surface area contributed by atoms with E-state index in [1.807, 2.05) is 60.7 Å². The van der Waals surface area contributed by atoms with Crippen molar-refractivity contribution >= 4 is 11.3 Å². The molecule has 0 heterocycles. The minimum atomic E-state index is -2.05. The van der Waals surface area contributed by atoms with Crippen LogP contribution < -0.4 is 4.72 Å². The highest BCUT2D eigenvalue weighted by Gasteiger charge is 2.14. The van der Waals surface area contributed by atoms with Gasteiger partial charge in [-0.2, -0.15) is 0 Å². The van der Waals surface area contributed by atoms with Crippen molar-refractivity contribution in [3.05, 3.63) is 71.8 Å². The molecule has 17 heavy (non-hydrogen) atoms. The van der Waals surface area contributed by atoms with Crippen molar-refractivity contribution in [1.82, 2.24) is 4.72 Å². The van der Waals surface area contributed by atoms with Crippen molar-refractivity contribution in [2.24, 2.45) is 0 Å². The zero-order valence-electron chi connectivity index (χ0n) is 9.11. The largest absolute Gasteiger partial charge is 0.294 e. The molecule has 0 aliphatic rings. The number of hydrogen-bond acceptors (Lipinski definition) is 1. The van der Waals surface area contributed by atoms with Crippen LogP contribution in [-0.4, -0.2) is 8.76 Å². The first-order chi connectivity index (χ1) is 8.27. The summed E-state index contributed by atoms with van der Waals surface area (Å²) in [6.07, 6.45) is 0. The van der Waals surface area contributed by atoms with Gasteiger partial charge in [-0.15, -0.1) is 0 Å². The third kappa shape index (κ3) is 3.23. The minimum Gasteiger partial charge on any atom is -0.294 e. The van der Waals surface area contributed by atoms with Gasteiger partial charge in [-0.05, 0) is 11.1 Å². The predicted molar refractivity (Wildman–Crippen MR) is 68.6 cm³/mol. The molecular weight excluding hydrogens is 234 g/mol. The topological polar surface area (TPSA) is 49.3 Å². The van der Waals surface area contributed by atoms with E-state index in [2.05, 4.69) is 4.72 Å². The van der Waals surface area contributed by atoms with Gasteiger partial charge in [-0.25, -0.2) is 8.93 Å². The van der Waals surface area contributed by atoms with Crippen LogP contribution in [-0.2, 0) is 11.3 Å². The van der Waals surface area contributed by atoms with Gasteiger partial charge in [0, 0.05) is 0 Å². The van der Waals surface area contributed by atoms with Crippen LogP contribution in [0, 0.1) is 0 Å². The quantitative estimate of drug-likeness (QED) is 0.816. The Kier molecular flexibility index (Phi) is 4.03. The molecule has 3 nitrogen and oxygen atoms in total. The molecule has 0 fully saturated rings. The predicted octanol–water partition coefficient (Wildman–Crippen LogP) is 2.50. The molecule has 0 spiro atoms. The van der Waals surface area contributed by atoms with Crippen LogP contribution in [0.2, 0.25) is 0 Å². The Balaban J connectivity index is 2.36. The summed E-state index contributed by atoms with van der Waals surface area (Å²) in [5, 5.41) is 0. The molecule has 1 atom stereocenters. The molecule has 0 aliphatic heterocycles. The number of hydrogen-bond donors (Lipinski definition) is 2. The van der Waals surface area contributed by atoms with Crippen LogP contribution in [0.15, 0.2) is 60.7 Å². The van der Waals surface area contributed by atoms with Gasteiger partial charge in [0.15, 0.2) is 0 Å². The Morgan fingerprint density at radius 1 is 0.882 bits per heavy atom. The maximum atomic E-state index is 11.0. The number of nitrogens with one attached hydrogen (secondary N) is 1. The van der Waals surface area contributed by atoms with Gasteiger partial charge in [0.1, 0.15) is 0 Å². The molecule has 0 saturated carbocycles. The van der Waals surface area contributed by atoms with Crippen LogP contribution >= 0.6 is 0 Å². The van der Waals surface area contributed by atoms with Crippen molar-refractivity contribution in [2.75, 3.05) is 0 Å². The monoisotopic (exact) mass is 247 g/mol. The van der Waals surface area contributed by atoms with Crippen LogP contribution in [0.3, 0.4) is 0 Å². The van der Waals surface area contributed by atoms with Gasteiger partial charge in [0.25, 0.3) is 0 Å². The lowest BCUT2D eigenvalue weighted by Gasteiger charge is -2.17. The Morgan fingerprint density at radius 3 is 1.65 bits per heavy atom. The van der Waals surface area contributed by atoms with Gasteiger partial charge >= 0.3 is 0 Å². The summed E-state index contributed by atoms with van der Waals surface area (Å²) < 4.78 is 22.6. The summed E-state index contributed by atoms with van der Waals surface area (Å²) in [5.41, 5.74) is 1.92. The van der Waals surface area contributed by atoms with Gasteiger partial charge in [-0.3, -0.25) is 4.55 Å². The lowest BCUT2D eigenvalue weighted by molar-refractivity contribution is 0.540. The van der Waals surface area contributed by atoms with Crippen molar-refractivity contribution in [1.29, 1.82) is 0 Å². The molecule has 2 N–H and O–H groups in total. The highest BCUT2D eigenvalue weighted by atomic mass is 32.2. The Labute approximate surface area is 103 Å². The zero-order chi connectivity index (χ0) is 12.1. The maximum absolute atomic E-state index is 11.0. The average molecular weight is 247 g/mol. The molecule has 0 saturated heterocycles. The minimum absolute atomic E-state index is 0.275. The van der Waals surface area contributed by atoms with E-state index >= 15 is 0 Å². The van der Waals surface area contributed by atoms with Crippen molar-refractivity contribution in [3.63, 3.8) is 0 Å². The molecular formula is C13H13NO2S. The van der Waals surface area contributed by atoms with Crippen LogP contribution in [0.4, 0.5) is 0 Å². The van der Waals surface area contributed by atoms with E-state index in [-0.39, 0.29) is 6.04 Å². The zero-order valence-corrected chi connectivity index (χ0v) is 9.93. The lowest BCUT2D eigenvalue weighted by Crippen LogP contribution is -2.23. The fourth-order valence-electron chi connectivity index (χ4n) is 1.72. The third-order valence-corrected chi connectivity index (χ3v) is 2.92. The fraction of sp³-hybridized carbons (Fsp3) is 0.0769. The first-order valence-electron chi connectivity index (χ1n) is 5.24. The molecule has 88 valence electrons. The Bertz CT molecular complexity index is 448. The normalized spacial score (nSPS) is 12.6. The summed E-state index contributed by atoms with van der Waals surface area (Å²) in [5.74, 6) is 0. The first-order valence-corrected chi connectivity index (χ1v) is 6.35. The summed E-state index contributed by atoms with van der Waals surface area (Å²) in [6.45, 7) is 0. The van der Waals surface area contributed by atoms with Gasteiger partial charge < -0.3 is 0 Å². The van der Waals surface area contributed by atoms with Crippen LogP contribution in [0.1, 0.15) is 17.2 Å². The fourth-order valence-corrected chi connectivity index (χ4v) is 2.19. The molecule has 0 bridgehead atoms. The summed E-state index contributed by atoms with van der Waals surface area (Å²) in [7, 11) is 0. The lowest BCUT2D eigenvalue weighted by atomic mass is 10.00. The number of benzene rings is 2. The van der Waals surface area contributed by atoms with Crippen LogP contribution in [0.25, 0.3) is 0 Å². The van der Waals surface area contributed by atoms with E-state index in [9.17, 15) is 4.21 Å². The average Bonchev–Trinajstić information content (AvgIpc) is 2.38. The second-order valence-corrected chi connectivity index (χ2v) is 4.36. The first kappa shape index (κ1) is 12.0. The molecule has 0 aliphatic carbocycles. The van der Waals surface area contributed by atoms with Gasteiger partial charge in [0.05, 0.1) is 6.04 Å². The number of rotatable bonds is 4. The summed E-state index contributed by atoms with van der Waals surface area (Å²) in [4.78, 5) is 0. The smallest absolute Gasteiger partial charge is 0.232 e. The maximum Gasteiger partial charge on any atom is 0.232 e. The summed E-state index contributed by atoms with van der Waals surface area (Å²) in [6, 6.07) is 18.9. The van der Waals surface area contributed by atoms with Gasteiger partial charge in [0.2, 0.25) is 11.3 Å². The van der Waals surface area contributed by atoms with Crippen molar-refractivity contribution in [2.45, 2.75) is 6.04 Å². The third-order valence-electron chi connectivity index (χ3n) is 2.48. The Hall–Kier alpha value is -1.49. The Morgan fingerprint density at radius 2 is 1.29 bits per heavy atom. The van der Waals surface area contributed by atoms with E-state index in [0.29, 0.717) is 0 Å². The molecule has 2 aromatic rings. The van der Waals surface area contributed by atoms with E-state index in [1.54, 1.807) is 0 Å². The van der Waals surface area contributed by atoms with Crippen molar-refractivity contribution in [3.8, 4) is 0 Å². The molecule has 4 heteroatoms. The van der Waals surface area contributed by atoms with E-state index in [0.717, 1.165) is 11.1 Å². The molecule has 2 rings (SSSR count). The van der Waals surface area contributed by atoms with Gasteiger partial charge in [-0.1, -0.05) is 60.7 Å². The molecule has 2 aromatic carbocycles. The second kappa shape index (κ2) is 5.72. The van der Waals surface area contributed by atoms with E-state index in [1.165, 1.54) is 0 Å². The molecule has 0 amide bonds. The SMILES string of the molecule is O=S(O)NC(c1ccccc1)c1ccccc1. The van der Waals surface area contributed by atoms with Crippen LogP contribution in [0.5, 0.6) is 0 Å². The second-order valence-electron chi connectivity index (χ2n) is 3.62.